The molecule has 106 valence electrons. The summed E-state index contributed by atoms with van der Waals surface area (Å²) in [5.41, 5.74) is 1.77. The van der Waals surface area contributed by atoms with Crippen LogP contribution < -0.4 is 10.1 Å². The first-order chi connectivity index (χ1) is 9.60. The lowest BCUT2D eigenvalue weighted by molar-refractivity contribution is 0.0661. The van der Waals surface area contributed by atoms with Crippen molar-refractivity contribution in [3.8, 4) is 5.75 Å². The van der Waals surface area contributed by atoms with E-state index in [4.69, 9.17) is 14.3 Å². The maximum absolute atomic E-state index is 10.8. The highest BCUT2D eigenvalue weighted by Gasteiger charge is 2.12. The van der Waals surface area contributed by atoms with Crippen molar-refractivity contribution in [1.29, 1.82) is 0 Å². The van der Waals surface area contributed by atoms with E-state index in [0.717, 1.165) is 17.0 Å². The number of nitrogens with one attached hydrogen (secondary N) is 1. The van der Waals surface area contributed by atoms with E-state index in [1.165, 1.54) is 0 Å². The lowest BCUT2D eigenvalue weighted by Crippen LogP contribution is -2.00. The molecule has 0 unspecified atom stereocenters. The summed E-state index contributed by atoms with van der Waals surface area (Å²) in [6.07, 6.45) is 0. The molecular weight excluding hydrogens is 258 g/mol. The molecule has 0 aliphatic heterocycles. The lowest BCUT2D eigenvalue weighted by atomic mass is 10.2. The number of aryl methyl sites for hydroxylation is 1. The van der Waals surface area contributed by atoms with Crippen LogP contribution in [0.3, 0.4) is 0 Å². The lowest BCUT2D eigenvalue weighted by Gasteiger charge is -2.07. The SMILES string of the molecule is CCOc1ccc(NCc2cc(C(=O)O)oc2C)cc1. The summed E-state index contributed by atoms with van der Waals surface area (Å²) in [6, 6.07) is 9.14. The van der Waals surface area contributed by atoms with Crippen LogP contribution in [0.5, 0.6) is 5.75 Å². The molecule has 0 aliphatic rings. The van der Waals surface area contributed by atoms with Gasteiger partial charge in [-0.2, -0.15) is 0 Å². The quantitative estimate of drug-likeness (QED) is 0.846. The Balaban J connectivity index is 1.99. The van der Waals surface area contributed by atoms with Crippen molar-refractivity contribution in [1.82, 2.24) is 0 Å². The van der Waals surface area contributed by atoms with Gasteiger partial charge < -0.3 is 19.6 Å². The summed E-state index contributed by atoms with van der Waals surface area (Å²) < 4.78 is 10.5. The number of carboxylic acid groups (broad SMARTS) is 1. The third-order valence-electron chi connectivity index (χ3n) is 2.88. The van der Waals surface area contributed by atoms with E-state index in [2.05, 4.69) is 5.32 Å². The van der Waals surface area contributed by atoms with Gasteiger partial charge in [0.1, 0.15) is 11.5 Å². The van der Waals surface area contributed by atoms with Gasteiger partial charge in [-0.25, -0.2) is 4.79 Å². The molecule has 1 heterocycles. The predicted octanol–water partition coefficient (Wildman–Crippen LogP) is 3.30. The number of anilines is 1. The van der Waals surface area contributed by atoms with Gasteiger partial charge in [0.15, 0.2) is 0 Å². The predicted molar refractivity (Wildman–Crippen MR) is 75.3 cm³/mol. The van der Waals surface area contributed by atoms with Crippen LogP contribution in [0.2, 0.25) is 0 Å². The van der Waals surface area contributed by atoms with E-state index in [-0.39, 0.29) is 5.76 Å². The Labute approximate surface area is 117 Å². The largest absolute Gasteiger partial charge is 0.494 e. The number of hydrogen-bond acceptors (Lipinski definition) is 4. The second-order valence-corrected chi connectivity index (χ2v) is 4.31. The summed E-state index contributed by atoms with van der Waals surface area (Å²) in [4.78, 5) is 10.8. The smallest absolute Gasteiger partial charge is 0.371 e. The summed E-state index contributed by atoms with van der Waals surface area (Å²) in [5, 5.41) is 12.1. The minimum Gasteiger partial charge on any atom is -0.494 e. The van der Waals surface area contributed by atoms with Gasteiger partial charge in [0.2, 0.25) is 5.76 Å². The van der Waals surface area contributed by atoms with E-state index >= 15 is 0 Å². The number of ether oxygens (including phenoxy) is 1. The molecule has 2 N–H and O–H groups in total. The first-order valence-corrected chi connectivity index (χ1v) is 6.39. The van der Waals surface area contributed by atoms with Gasteiger partial charge in [0, 0.05) is 17.8 Å². The van der Waals surface area contributed by atoms with Gasteiger partial charge in [-0.05, 0) is 44.2 Å². The number of aromatic carboxylic acids is 1. The van der Waals surface area contributed by atoms with Crippen molar-refractivity contribution < 1.29 is 19.1 Å². The normalized spacial score (nSPS) is 10.3. The fraction of sp³-hybridized carbons (Fsp3) is 0.267. The summed E-state index contributed by atoms with van der Waals surface area (Å²) in [5.74, 6) is 0.345. The van der Waals surface area contributed by atoms with Crippen molar-refractivity contribution in [2.75, 3.05) is 11.9 Å². The third kappa shape index (κ3) is 3.32. The number of benzene rings is 1. The van der Waals surface area contributed by atoms with Gasteiger partial charge >= 0.3 is 5.97 Å². The average Bonchev–Trinajstić information content (AvgIpc) is 2.80. The topological polar surface area (TPSA) is 71.7 Å². The van der Waals surface area contributed by atoms with Gasteiger partial charge in [-0.3, -0.25) is 0 Å². The van der Waals surface area contributed by atoms with Crippen LogP contribution in [-0.4, -0.2) is 17.7 Å². The van der Waals surface area contributed by atoms with Crippen LogP contribution in [0.15, 0.2) is 34.7 Å². The Kier molecular flexibility index (Phi) is 4.30. The minimum absolute atomic E-state index is 0.0361. The average molecular weight is 275 g/mol. The monoisotopic (exact) mass is 275 g/mol. The highest BCUT2D eigenvalue weighted by Crippen LogP contribution is 2.19. The number of furan rings is 1. The van der Waals surface area contributed by atoms with E-state index < -0.39 is 5.97 Å². The Morgan fingerprint density at radius 2 is 2.05 bits per heavy atom. The molecule has 5 heteroatoms. The van der Waals surface area contributed by atoms with Crippen LogP contribution in [-0.2, 0) is 6.54 Å². The Bertz CT molecular complexity index is 586. The molecule has 0 saturated heterocycles. The maximum Gasteiger partial charge on any atom is 0.371 e. The molecule has 2 aromatic rings. The van der Waals surface area contributed by atoms with Crippen molar-refractivity contribution in [3.63, 3.8) is 0 Å². The van der Waals surface area contributed by atoms with Crippen LogP contribution in [0.4, 0.5) is 5.69 Å². The first kappa shape index (κ1) is 14.0. The van der Waals surface area contributed by atoms with Gasteiger partial charge in [0.25, 0.3) is 0 Å². The van der Waals surface area contributed by atoms with Crippen molar-refractivity contribution in [2.24, 2.45) is 0 Å². The van der Waals surface area contributed by atoms with Crippen LogP contribution in [0.25, 0.3) is 0 Å². The standard InChI is InChI=1S/C15H17NO4/c1-3-19-13-6-4-12(5-7-13)16-9-11-8-14(15(17)18)20-10(11)2/h4-8,16H,3,9H2,1-2H3,(H,17,18). The molecule has 0 spiro atoms. The van der Waals surface area contributed by atoms with Crippen LogP contribution in [0, 0.1) is 6.92 Å². The molecule has 0 atom stereocenters. The second kappa shape index (κ2) is 6.14. The number of hydrogen-bond donors (Lipinski definition) is 2. The number of carboxylic acids is 1. The zero-order chi connectivity index (χ0) is 14.5. The van der Waals surface area contributed by atoms with Gasteiger partial charge in [-0.15, -0.1) is 0 Å². The van der Waals surface area contributed by atoms with E-state index in [9.17, 15) is 4.79 Å². The van der Waals surface area contributed by atoms with Crippen molar-refractivity contribution in [3.05, 3.63) is 47.4 Å². The zero-order valence-corrected chi connectivity index (χ0v) is 11.5. The third-order valence-corrected chi connectivity index (χ3v) is 2.88. The van der Waals surface area contributed by atoms with Crippen LogP contribution >= 0.6 is 0 Å². The van der Waals surface area contributed by atoms with E-state index in [0.29, 0.717) is 18.9 Å². The van der Waals surface area contributed by atoms with E-state index in [1.54, 1.807) is 13.0 Å². The molecule has 5 nitrogen and oxygen atoms in total. The fourth-order valence-electron chi connectivity index (χ4n) is 1.83. The van der Waals surface area contributed by atoms with Crippen molar-refractivity contribution >= 4 is 11.7 Å². The second-order valence-electron chi connectivity index (χ2n) is 4.31. The minimum atomic E-state index is -1.06. The van der Waals surface area contributed by atoms with E-state index in [1.807, 2.05) is 31.2 Å². The Morgan fingerprint density at radius 3 is 2.60 bits per heavy atom. The molecule has 20 heavy (non-hydrogen) atoms. The maximum atomic E-state index is 10.8. The Morgan fingerprint density at radius 1 is 1.35 bits per heavy atom. The van der Waals surface area contributed by atoms with Gasteiger partial charge in [0.05, 0.1) is 6.61 Å². The highest BCUT2D eigenvalue weighted by atomic mass is 16.5. The molecule has 0 bridgehead atoms. The molecule has 1 aromatic heterocycles. The van der Waals surface area contributed by atoms with Crippen LogP contribution in [0.1, 0.15) is 28.8 Å². The molecule has 0 radical (unpaired) electrons. The molecule has 0 aliphatic carbocycles. The Hall–Kier alpha value is -2.43. The zero-order valence-electron chi connectivity index (χ0n) is 11.5. The molecule has 0 fully saturated rings. The van der Waals surface area contributed by atoms with Crippen molar-refractivity contribution in [2.45, 2.75) is 20.4 Å². The number of rotatable bonds is 6. The van der Waals surface area contributed by atoms with Gasteiger partial charge in [-0.1, -0.05) is 0 Å². The molecule has 0 amide bonds. The summed E-state index contributed by atoms with van der Waals surface area (Å²) in [6.45, 7) is 4.84. The first-order valence-electron chi connectivity index (χ1n) is 6.39. The molecular formula is C15H17NO4. The molecule has 0 saturated carbocycles. The molecule has 2 rings (SSSR count). The number of carbonyl (C=O) groups is 1. The molecule has 1 aromatic carbocycles. The summed E-state index contributed by atoms with van der Waals surface area (Å²) >= 11 is 0. The fourth-order valence-corrected chi connectivity index (χ4v) is 1.83. The highest BCUT2D eigenvalue weighted by molar-refractivity contribution is 5.84. The summed E-state index contributed by atoms with van der Waals surface area (Å²) in [7, 11) is 0.